The lowest BCUT2D eigenvalue weighted by molar-refractivity contribution is -0.384. The minimum atomic E-state index is -0.472. The lowest BCUT2D eigenvalue weighted by Gasteiger charge is -2.12. The van der Waals surface area contributed by atoms with Gasteiger partial charge in [-0.3, -0.25) is 14.9 Å². The van der Waals surface area contributed by atoms with Crippen molar-refractivity contribution in [1.82, 2.24) is 5.32 Å². The molecular formula is C17H20ClN3O3. The minimum Gasteiger partial charge on any atom is -0.322 e. The van der Waals surface area contributed by atoms with E-state index in [1.165, 1.54) is 18.2 Å². The van der Waals surface area contributed by atoms with Gasteiger partial charge in [-0.15, -0.1) is 12.4 Å². The van der Waals surface area contributed by atoms with Gasteiger partial charge in [0.2, 0.25) is 0 Å². The molecule has 0 aliphatic carbocycles. The minimum absolute atomic E-state index is 0. The van der Waals surface area contributed by atoms with Crippen molar-refractivity contribution < 1.29 is 9.72 Å². The first-order chi connectivity index (χ1) is 11.0. The Labute approximate surface area is 146 Å². The molecule has 2 aromatic rings. The van der Waals surface area contributed by atoms with E-state index in [0.717, 1.165) is 17.8 Å². The maximum Gasteiger partial charge on any atom is 0.269 e. The molecule has 6 nitrogen and oxygen atoms in total. The van der Waals surface area contributed by atoms with Crippen molar-refractivity contribution in [2.45, 2.75) is 20.4 Å². The van der Waals surface area contributed by atoms with Crippen LogP contribution in [0.3, 0.4) is 0 Å². The largest absolute Gasteiger partial charge is 0.322 e. The highest BCUT2D eigenvalue weighted by Gasteiger charge is 2.14. The van der Waals surface area contributed by atoms with Crippen LogP contribution in [0, 0.1) is 17.0 Å². The summed E-state index contributed by atoms with van der Waals surface area (Å²) in [5, 5.41) is 16.9. The number of nitro groups is 1. The number of nitrogens with one attached hydrogen (secondary N) is 2. The van der Waals surface area contributed by atoms with Crippen LogP contribution in [0.15, 0.2) is 42.5 Å². The number of aryl methyl sites for hydroxylation is 1. The number of hydrogen-bond acceptors (Lipinski definition) is 4. The number of nitrogens with zero attached hydrogens (tertiary/aromatic N) is 1. The monoisotopic (exact) mass is 349 g/mol. The van der Waals surface area contributed by atoms with E-state index in [2.05, 4.69) is 10.6 Å². The maximum absolute atomic E-state index is 12.4. The zero-order valence-corrected chi connectivity index (χ0v) is 14.4. The Hall–Kier alpha value is -2.44. The fraction of sp³-hybridized carbons (Fsp3) is 0.235. The van der Waals surface area contributed by atoms with Gasteiger partial charge in [0.05, 0.1) is 4.92 Å². The van der Waals surface area contributed by atoms with Gasteiger partial charge in [-0.1, -0.05) is 25.1 Å². The zero-order chi connectivity index (χ0) is 16.8. The highest BCUT2D eigenvalue weighted by Crippen LogP contribution is 2.20. The van der Waals surface area contributed by atoms with E-state index >= 15 is 0 Å². The number of anilines is 1. The summed E-state index contributed by atoms with van der Waals surface area (Å²) < 4.78 is 0. The first-order valence-corrected chi connectivity index (χ1v) is 7.38. The quantitative estimate of drug-likeness (QED) is 0.615. The van der Waals surface area contributed by atoms with Crippen molar-refractivity contribution in [2.75, 3.05) is 11.9 Å². The van der Waals surface area contributed by atoms with E-state index in [0.29, 0.717) is 17.7 Å². The highest BCUT2D eigenvalue weighted by molar-refractivity contribution is 6.05. The summed E-state index contributed by atoms with van der Waals surface area (Å²) in [5.41, 5.74) is 2.69. The van der Waals surface area contributed by atoms with Crippen molar-refractivity contribution >= 4 is 29.7 Å². The molecule has 2 aromatic carbocycles. The second-order valence-electron chi connectivity index (χ2n) is 5.15. The zero-order valence-electron chi connectivity index (χ0n) is 13.5. The van der Waals surface area contributed by atoms with Crippen molar-refractivity contribution in [3.8, 4) is 0 Å². The fourth-order valence-corrected chi connectivity index (χ4v) is 2.26. The Morgan fingerprint density at radius 2 is 1.92 bits per heavy atom. The number of rotatable bonds is 6. The molecule has 0 unspecified atom stereocenters. The van der Waals surface area contributed by atoms with Crippen LogP contribution in [-0.4, -0.2) is 17.4 Å². The third kappa shape index (κ3) is 4.78. The Morgan fingerprint density at radius 3 is 2.54 bits per heavy atom. The Bertz CT molecular complexity index is 735. The van der Waals surface area contributed by atoms with Crippen LogP contribution in [0.25, 0.3) is 0 Å². The average Bonchev–Trinajstić information content (AvgIpc) is 2.53. The van der Waals surface area contributed by atoms with Crippen LogP contribution >= 0.6 is 12.4 Å². The van der Waals surface area contributed by atoms with Crippen molar-refractivity contribution in [3.63, 3.8) is 0 Å². The molecule has 7 heteroatoms. The summed E-state index contributed by atoms with van der Waals surface area (Å²) in [7, 11) is 0. The van der Waals surface area contributed by atoms with Crippen LogP contribution in [0.1, 0.15) is 28.4 Å². The van der Waals surface area contributed by atoms with Gasteiger partial charge in [0.1, 0.15) is 0 Å². The number of halogens is 1. The summed E-state index contributed by atoms with van der Waals surface area (Å²) in [6, 6.07) is 11.8. The highest BCUT2D eigenvalue weighted by atomic mass is 35.5. The summed E-state index contributed by atoms with van der Waals surface area (Å²) in [6.07, 6.45) is 0. The number of non-ortho nitro benzene ring substituents is 1. The van der Waals surface area contributed by atoms with Gasteiger partial charge in [-0.2, -0.15) is 0 Å². The standard InChI is InChI=1S/C17H19N3O3.ClH/c1-3-18-11-13-6-4-5-7-16(13)19-17(21)15-9-8-14(20(22)23)10-12(15)2;/h4-10,18H,3,11H2,1-2H3,(H,19,21);1H. The third-order valence-corrected chi connectivity index (χ3v) is 3.50. The van der Waals surface area contributed by atoms with E-state index < -0.39 is 4.92 Å². The summed E-state index contributed by atoms with van der Waals surface area (Å²) in [6.45, 7) is 5.20. The third-order valence-electron chi connectivity index (χ3n) is 3.50. The Morgan fingerprint density at radius 1 is 1.21 bits per heavy atom. The predicted octanol–water partition coefficient (Wildman–Crippen LogP) is 3.69. The topological polar surface area (TPSA) is 84.3 Å². The Balaban J connectivity index is 0.00000288. The van der Waals surface area contributed by atoms with Crippen LogP contribution in [0.4, 0.5) is 11.4 Å². The van der Waals surface area contributed by atoms with Crippen LogP contribution in [0.5, 0.6) is 0 Å². The van der Waals surface area contributed by atoms with E-state index in [9.17, 15) is 14.9 Å². The van der Waals surface area contributed by atoms with Crippen LogP contribution in [-0.2, 0) is 6.54 Å². The molecule has 0 saturated heterocycles. The second kappa shape index (κ2) is 9.00. The molecule has 0 aliphatic rings. The number of para-hydroxylation sites is 1. The molecule has 0 heterocycles. The second-order valence-corrected chi connectivity index (χ2v) is 5.15. The van der Waals surface area contributed by atoms with Crippen molar-refractivity contribution in [1.29, 1.82) is 0 Å². The molecule has 0 aromatic heterocycles. The van der Waals surface area contributed by atoms with Crippen LogP contribution < -0.4 is 10.6 Å². The summed E-state index contributed by atoms with van der Waals surface area (Å²) in [5.74, 6) is -0.277. The van der Waals surface area contributed by atoms with E-state index in [1.807, 2.05) is 31.2 Å². The molecule has 0 atom stereocenters. The summed E-state index contributed by atoms with van der Waals surface area (Å²) in [4.78, 5) is 22.7. The van der Waals surface area contributed by atoms with Gasteiger partial charge in [-0.05, 0) is 36.7 Å². The molecule has 2 N–H and O–H groups in total. The maximum atomic E-state index is 12.4. The number of carbonyl (C=O) groups is 1. The summed E-state index contributed by atoms with van der Waals surface area (Å²) >= 11 is 0. The van der Waals surface area contributed by atoms with Crippen LogP contribution in [0.2, 0.25) is 0 Å². The molecule has 0 saturated carbocycles. The van der Waals surface area contributed by atoms with E-state index in [1.54, 1.807) is 6.92 Å². The van der Waals surface area contributed by atoms with Gasteiger partial charge < -0.3 is 10.6 Å². The number of hydrogen-bond donors (Lipinski definition) is 2. The Kier molecular flexibility index (Phi) is 7.35. The molecule has 0 spiro atoms. The molecule has 0 bridgehead atoms. The molecule has 2 rings (SSSR count). The molecule has 0 radical (unpaired) electrons. The molecule has 24 heavy (non-hydrogen) atoms. The number of benzene rings is 2. The molecule has 0 aliphatic heterocycles. The number of nitro benzene ring substituents is 1. The predicted molar refractivity (Wildman–Crippen MR) is 96.9 cm³/mol. The molecular weight excluding hydrogens is 330 g/mol. The normalized spacial score (nSPS) is 9.92. The van der Waals surface area contributed by atoms with E-state index in [-0.39, 0.29) is 24.0 Å². The van der Waals surface area contributed by atoms with E-state index in [4.69, 9.17) is 0 Å². The van der Waals surface area contributed by atoms with Gasteiger partial charge >= 0.3 is 0 Å². The van der Waals surface area contributed by atoms with Gasteiger partial charge in [0.25, 0.3) is 11.6 Å². The molecule has 1 amide bonds. The van der Waals surface area contributed by atoms with Crippen molar-refractivity contribution in [2.24, 2.45) is 0 Å². The first kappa shape index (κ1) is 19.6. The molecule has 0 fully saturated rings. The molecule has 128 valence electrons. The first-order valence-electron chi connectivity index (χ1n) is 7.38. The fourth-order valence-electron chi connectivity index (χ4n) is 2.26. The van der Waals surface area contributed by atoms with Gasteiger partial charge in [-0.25, -0.2) is 0 Å². The smallest absolute Gasteiger partial charge is 0.269 e. The average molecular weight is 350 g/mol. The number of amides is 1. The SMILES string of the molecule is CCNCc1ccccc1NC(=O)c1ccc([N+](=O)[O-])cc1C.Cl. The van der Waals surface area contributed by atoms with Crippen molar-refractivity contribution in [3.05, 3.63) is 69.3 Å². The van der Waals surface area contributed by atoms with Gasteiger partial charge in [0, 0.05) is 29.9 Å². The number of carbonyl (C=O) groups excluding carboxylic acids is 1. The lowest BCUT2D eigenvalue weighted by atomic mass is 10.1. The lowest BCUT2D eigenvalue weighted by Crippen LogP contribution is -2.17. The van der Waals surface area contributed by atoms with Gasteiger partial charge in [0.15, 0.2) is 0 Å².